The van der Waals surface area contributed by atoms with Crippen molar-refractivity contribution < 1.29 is 14.6 Å². The summed E-state index contributed by atoms with van der Waals surface area (Å²) < 4.78 is 4.69. The Balaban J connectivity index is 2.64. The second-order valence-electron chi connectivity index (χ2n) is 2.59. The van der Waals surface area contributed by atoms with Crippen molar-refractivity contribution in [1.82, 2.24) is 15.2 Å². The molecule has 0 aliphatic heterocycles. The van der Waals surface area contributed by atoms with Crippen LogP contribution in [-0.4, -0.2) is 39.4 Å². The molecular formula is C7H10N4O3. The average Bonchev–Trinajstić information content (AvgIpc) is 2.19. The van der Waals surface area contributed by atoms with Crippen LogP contribution in [0.2, 0.25) is 0 Å². The van der Waals surface area contributed by atoms with Crippen molar-refractivity contribution in [1.29, 1.82) is 0 Å². The molecule has 1 unspecified atom stereocenters. The number of ether oxygens (including phenoxy) is 1. The molecule has 0 aliphatic rings. The van der Waals surface area contributed by atoms with Crippen molar-refractivity contribution in [2.75, 3.05) is 7.11 Å². The van der Waals surface area contributed by atoms with Gasteiger partial charge in [-0.2, -0.15) is 0 Å². The second-order valence-corrected chi connectivity index (χ2v) is 2.59. The Bertz CT molecular complexity index is 313. The largest absolute Gasteiger partial charge is 0.480 e. The summed E-state index contributed by atoms with van der Waals surface area (Å²) in [6.45, 7) is 0. The second kappa shape index (κ2) is 4.47. The van der Waals surface area contributed by atoms with Crippen LogP contribution in [0.1, 0.15) is 5.69 Å². The topological polar surface area (TPSA) is 111 Å². The predicted octanol–water partition coefficient (Wildman–Crippen LogP) is -1.17. The van der Waals surface area contributed by atoms with Gasteiger partial charge in [-0.15, -0.1) is 5.10 Å². The zero-order valence-electron chi connectivity index (χ0n) is 7.54. The molecule has 0 spiro atoms. The Labute approximate surface area is 79.9 Å². The molecule has 1 rings (SSSR count). The van der Waals surface area contributed by atoms with E-state index in [2.05, 4.69) is 19.9 Å². The Morgan fingerprint density at radius 1 is 1.71 bits per heavy atom. The van der Waals surface area contributed by atoms with Crippen molar-refractivity contribution in [3.8, 4) is 6.01 Å². The zero-order chi connectivity index (χ0) is 10.6. The van der Waals surface area contributed by atoms with Gasteiger partial charge in [0.05, 0.1) is 19.0 Å². The molecule has 76 valence electrons. The Kier molecular flexibility index (Phi) is 3.29. The number of nitrogens with two attached hydrogens (primary N) is 1. The molecule has 0 aromatic carbocycles. The molecular weight excluding hydrogens is 188 g/mol. The predicted molar refractivity (Wildman–Crippen MR) is 45.7 cm³/mol. The molecule has 3 N–H and O–H groups in total. The summed E-state index contributed by atoms with van der Waals surface area (Å²) in [5, 5.41) is 15.8. The highest BCUT2D eigenvalue weighted by molar-refractivity contribution is 5.73. The maximum atomic E-state index is 10.4. The summed E-state index contributed by atoms with van der Waals surface area (Å²) in [5.74, 6) is -1.08. The smallest absolute Gasteiger partial charge is 0.335 e. The maximum Gasteiger partial charge on any atom is 0.335 e. The Morgan fingerprint density at radius 3 is 2.86 bits per heavy atom. The lowest BCUT2D eigenvalue weighted by Crippen LogP contribution is -2.32. The van der Waals surface area contributed by atoms with Crippen molar-refractivity contribution in [3.63, 3.8) is 0 Å². The van der Waals surface area contributed by atoms with Crippen LogP contribution < -0.4 is 10.5 Å². The van der Waals surface area contributed by atoms with Crippen molar-refractivity contribution in [2.24, 2.45) is 5.73 Å². The number of carbonyl (C=O) groups is 1. The fraction of sp³-hybridized carbons (Fsp3) is 0.429. The minimum Gasteiger partial charge on any atom is -0.480 e. The number of methoxy groups -OCH3 is 1. The summed E-state index contributed by atoms with van der Waals surface area (Å²) in [5.41, 5.74) is 5.71. The van der Waals surface area contributed by atoms with Gasteiger partial charge in [0.1, 0.15) is 6.04 Å². The molecule has 0 fully saturated rings. The highest BCUT2D eigenvalue weighted by Gasteiger charge is 2.13. The molecule has 1 atom stereocenters. The van der Waals surface area contributed by atoms with Crippen molar-refractivity contribution >= 4 is 5.97 Å². The molecule has 1 heterocycles. The number of rotatable bonds is 4. The van der Waals surface area contributed by atoms with Gasteiger partial charge in [-0.3, -0.25) is 4.79 Å². The van der Waals surface area contributed by atoms with Crippen molar-refractivity contribution in [2.45, 2.75) is 12.5 Å². The Hall–Kier alpha value is -1.76. The first-order chi connectivity index (χ1) is 6.63. The highest BCUT2D eigenvalue weighted by Crippen LogP contribution is 2.00. The van der Waals surface area contributed by atoms with Crippen LogP contribution in [0.3, 0.4) is 0 Å². The molecule has 0 saturated carbocycles. The normalized spacial score (nSPS) is 12.1. The average molecular weight is 198 g/mol. The first-order valence-corrected chi connectivity index (χ1v) is 3.84. The minimum atomic E-state index is -1.08. The number of aliphatic carboxylic acids is 1. The standard InChI is InChI=1S/C7H10N4O3/c1-14-7-9-3-4(10-11-7)2-5(8)6(12)13/h3,5H,2,8H2,1H3,(H,12,13). The van der Waals surface area contributed by atoms with Gasteiger partial charge in [-0.05, 0) is 0 Å². The lowest BCUT2D eigenvalue weighted by Gasteiger charge is -2.04. The third kappa shape index (κ3) is 2.63. The number of hydrogen-bond acceptors (Lipinski definition) is 6. The van der Waals surface area contributed by atoms with Gasteiger partial charge in [-0.25, -0.2) is 4.98 Å². The van der Waals surface area contributed by atoms with Crippen LogP contribution in [0, 0.1) is 0 Å². The van der Waals surface area contributed by atoms with Gasteiger partial charge >= 0.3 is 12.0 Å². The molecule has 0 bridgehead atoms. The zero-order valence-corrected chi connectivity index (χ0v) is 7.54. The number of carboxylic acids is 1. The fourth-order valence-electron chi connectivity index (χ4n) is 0.788. The van der Waals surface area contributed by atoms with Crippen LogP contribution in [0.25, 0.3) is 0 Å². The summed E-state index contributed by atoms with van der Waals surface area (Å²) in [4.78, 5) is 14.2. The van der Waals surface area contributed by atoms with Gasteiger partial charge in [-0.1, -0.05) is 5.10 Å². The van der Waals surface area contributed by atoms with E-state index < -0.39 is 12.0 Å². The lowest BCUT2D eigenvalue weighted by molar-refractivity contribution is -0.138. The van der Waals surface area contributed by atoms with Gasteiger partial charge in [0.2, 0.25) is 0 Å². The van der Waals surface area contributed by atoms with Gasteiger partial charge < -0.3 is 15.6 Å². The van der Waals surface area contributed by atoms with Crippen LogP contribution in [0.4, 0.5) is 0 Å². The summed E-state index contributed by atoms with van der Waals surface area (Å²) in [6.07, 6.45) is 1.48. The molecule has 0 aliphatic carbocycles. The molecule has 0 radical (unpaired) electrons. The first kappa shape index (κ1) is 10.3. The van der Waals surface area contributed by atoms with E-state index in [0.29, 0.717) is 5.69 Å². The molecule has 14 heavy (non-hydrogen) atoms. The molecule has 0 saturated heterocycles. The first-order valence-electron chi connectivity index (χ1n) is 3.84. The molecule has 7 heteroatoms. The van der Waals surface area contributed by atoms with Gasteiger partial charge in [0.25, 0.3) is 0 Å². The SMILES string of the molecule is COc1ncc(CC(N)C(=O)O)nn1. The minimum absolute atomic E-state index is 0.0966. The quantitative estimate of drug-likeness (QED) is 0.627. The van der Waals surface area contributed by atoms with Crippen LogP contribution in [-0.2, 0) is 11.2 Å². The maximum absolute atomic E-state index is 10.4. The van der Waals surface area contributed by atoms with E-state index in [0.717, 1.165) is 0 Å². The van der Waals surface area contributed by atoms with E-state index in [1.54, 1.807) is 0 Å². The molecule has 1 aromatic rings. The lowest BCUT2D eigenvalue weighted by atomic mass is 10.2. The van der Waals surface area contributed by atoms with E-state index in [4.69, 9.17) is 10.8 Å². The highest BCUT2D eigenvalue weighted by atomic mass is 16.5. The number of hydrogen-bond donors (Lipinski definition) is 2. The van der Waals surface area contributed by atoms with Gasteiger partial charge in [0.15, 0.2) is 0 Å². The van der Waals surface area contributed by atoms with E-state index in [-0.39, 0.29) is 12.4 Å². The van der Waals surface area contributed by atoms with E-state index >= 15 is 0 Å². The number of nitrogens with zero attached hydrogens (tertiary/aromatic N) is 3. The third-order valence-corrected chi connectivity index (χ3v) is 1.52. The van der Waals surface area contributed by atoms with E-state index in [9.17, 15) is 4.79 Å². The third-order valence-electron chi connectivity index (χ3n) is 1.52. The number of carboxylic acid groups (broad SMARTS) is 1. The van der Waals surface area contributed by atoms with Crippen molar-refractivity contribution in [3.05, 3.63) is 11.9 Å². The van der Waals surface area contributed by atoms with Gasteiger partial charge in [0, 0.05) is 6.42 Å². The molecule has 7 nitrogen and oxygen atoms in total. The summed E-state index contributed by atoms with van der Waals surface area (Å²) in [6, 6.07) is -0.850. The molecule has 0 amide bonds. The van der Waals surface area contributed by atoms with Crippen LogP contribution in [0.15, 0.2) is 6.20 Å². The van der Waals surface area contributed by atoms with Crippen LogP contribution in [0.5, 0.6) is 6.01 Å². The Morgan fingerprint density at radius 2 is 2.43 bits per heavy atom. The number of aromatic nitrogens is 3. The van der Waals surface area contributed by atoms with Crippen LogP contribution >= 0.6 is 0 Å². The summed E-state index contributed by atoms with van der Waals surface area (Å²) in [7, 11) is 1.42. The molecule has 1 aromatic heterocycles. The fourth-order valence-corrected chi connectivity index (χ4v) is 0.788. The van der Waals surface area contributed by atoms with E-state index in [1.807, 2.05) is 0 Å². The van der Waals surface area contributed by atoms with E-state index in [1.165, 1.54) is 13.3 Å². The summed E-state index contributed by atoms with van der Waals surface area (Å²) >= 11 is 0. The monoisotopic (exact) mass is 198 g/mol.